The quantitative estimate of drug-likeness (QED) is 0.611. The molecule has 0 aromatic heterocycles. The van der Waals surface area contributed by atoms with Crippen LogP contribution in [0.2, 0.25) is 0 Å². The molecule has 0 saturated heterocycles. The van der Waals surface area contributed by atoms with Gasteiger partial charge in [0.05, 0.1) is 5.54 Å². The second-order valence-corrected chi connectivity index (χ2v) is 7.69. The van der Waals surface area contributed by atoms with Crippen LogP contribution < -0.4 is 21.9 Å². The van der Waals surface area contributed by atoms with Gasteiger partial charge in [0.15, 0.2) is 0 Å². The van der Waals surface area contributed by atoms with E-state index in [4.69, 9.17) is 5.73 Å². The molecule has 140 valence electrons. The molecule has 5 heteroatoms. The highest BCUT2D eigenvalue weighted by Gasteiger charge is 2.34. The van der Waals surface area contributed by atoms with Crippen LogP contribution in [0.15, 0.2) is 60.3 Å². The molecule has 1 heterocycles. The molecule has 1 saturated carbocycles. The van der Waals surface area contributed by atoms with Crippen LogP contribution in [0.4, 0.5) is 5.69 Å². The molecule has 1 aliphatic carbocycles. The zero-order valence-electron chi connectivity index (χ0n) is 15.6. The van der Waals surface area contributed by atoms with Crippen molar-refractivity contribution in [2.24, 2.45) is 11.7 Å². The molecule has 5 N–H and O–H groups in total. The highest BCUT2D eigenvalue weighted by atomic mass is 16.1. The van der Waals surface area contributed by atoms with Crippen molar-refractivity contribution >= 4 is 11.6 Å². The van der Waals surface area contributed by atoms with Gasteiger partial charge in [-0.05, 0) is 60.9 Å². The lowest BCUT2D eigenvalue weighted by Crippen LogP contribution is -2.41. The lowest BCUT2D eigenvalue weighted by Gasteiger charge is -2.27. The molecule has 2 aliphatic rings. The van der Waals surface area contributed by atoms with Crippen LogP contribution in [-0.2, 0) is 16.8 Å². The van der Waals surface area contributed by atoms with Gasteiger partial charge in [0.2, 0.25) is 0 Å². The normalized spacial score (nSPS) is 21.4. The van der Waals surface area contributed by atoms with E-state index in [1.807, 2.05) is 12.1 Å². The van der Waals surface area contributed by atoms with Crippen LogP contribution in [0, 0.1) is 5.92 Å². The summed E-state index contributed by atoms with van der Waals surface area (Å²) in [4.78, 5) is 11.6. The van der Waals surface area contributed by atoms with Gasteiger partial charge in [0, 0.05) is 12.2 Å². The summed E-state index contributed by atoms with van der Waals surface area (Å²) in [7, 11) is 0. The average molecular weight is 362 g/mol. The monoisotopic (exact) mass is 362 g/mol. The van der Waals surface area contributed by atoms with Gasteiger partial charge in [-0.3, -0.25) is 4.79 Å². The third kappa shape index (κ3) is 3.83. The van der Waals surface area contributed by atoms with Gasteiger partial charge < -0.3 is 16.5 Å². The molecule has 2 aromatic rings. The molecule has 0 spiro atoms. The van der Waals surface area contributed by atoms with Crippen molar-refractivity contribution in [3.63, 3.8) is 0 Å². The summed E-state index contributed by atoms with van der Waals surface area (Å²) in [5.41, 5.74) is 16.3. The number of carbonyl (C=O) groups excluding carboxylic acids is 1. The van der Waals surface area contributed by atoms with E-state index >= 15 is 0 Å². The number of amides is 1. The van der Waals surface area contributed by atoms with E-state index in [2.05, 4.69) is 65.6 Å². The van der Waals surface area contributed by atoms with Crippen LogP contribution in [0.25, 0.3) is 0 Å². The zero-order valence-corrected chi connectivity index (χ0v) is 15.6. The van der Waals surface area contributed by atoms with Gasteiger partial charge in [0.1, 0.15) is 5.70 Å². The number of primary amides is 1. The van der Waals surface area contributed by atoms with E-state index in [-0.39, 0.29) is 0 Å². The van der Waals surface area contributed by atoms with Crippen molar-refractivity contribution in [1.82, 2.24) is 10.9 Å². The predicted molar refractivity (Wildman–Crippen MR) is 108 cm³/mol. The SMILES string of the molecule is CC1(c2cccc(NCC3CC3)c2Cc2ccccc2)C=C(C(N)=O)NN1. The number of hydrogen-bond acceptors (Lipinski definition) is 4. The number of hydrazine groups is 1. The van der Waals surface area contributed by atoms with Crippen molar-refractivity contribution in [1.29, 1.82) is 0 Å². The van der Waals surface area contributed by atoms with Crippen LogP contribution in [0.5, 0.6) is 0 Å². The smallest absolute Gasteiger partial charge is 0.265 e. The topological polar surface area (TPSA) is 79.2 Å². The third-order valence-electron chi connectivity index (χ3n) is 5.39. The van der Waals surface area contributed by atoms with Gasteiger partial charge in [0.25, 0.3) is 5.91 Å². The molecule has 5 nitrogen and oxygen atoms in total. The lowest BCUT2D eigenvalue weighted by molar-refractivity contribution is -0.114. The number of nitrogens with one attached hydrogen (secondary N) is 3. The Morgan fingerprint density at radius 3 is 2.63 bits per heavy atom. The number of rotatable bonds is 7. The van der Waals surface area contributed by atoms with Crippen LogP contribution >= 0.6 is 0 Å². The summed E-state index contributed by atoms with van der Waals surface area (Å²) in [6, 6.07) is 16.8. The lowest BCUT2D eigenvalue weighted by atomic mass is 9.85. The Labute approximate surface area is 160 Å². The van der Waals surface area contributed by atoms with E-state index < -0.39 is 11.4 Å². The first-order valence-corrected chi connectivity index (χ1v) is 9.51. The summed E-state index contributed by atoms with van der Waals surface area (Å²) in [6.07, 6.45) is 5.33. The highest BCUT2D eigenvalue weighted by Crippen LogP contribution is 2.35. The Bertz CT molecular complexity index is 873. The van der Waals surface area contributed by atoms with E-state index in [9.17, 15) is 4.79 Å². The molecular formula is C22H26N4O. The number of hydrogen-bond donors (Lipinski definition) is 4. The Morgan fingerprint density at radius 2 is 1.96 bits per heavy atom. The molecule has 2 aromatic carbocycles. The molecule has 1 atom stereocenters. The van der Waals surface area contributed by atoms with Gasteiger partial charge in [-0.2, -0.15) is 0 Å². The van der Waals surface area contributed by atoms with Gasteiger partial charge in [-0.15, -0.1) is 0 Å². The summed E-state index contributed by atoms with van der Waals surface area (Å²) in [5, 5.41) is 3.65. The van der Waals surface area contributed by atoms with Gasteiger partial charge in [-0.25, -0.2) is 5.43 Å². The molecule has 0 bridgehead atoms. The Kier molecular flexibility index (Phi) is 4.62. The number of anilines is 1. The summed E-state index contributed by atoms with van der Waals surface area (Å²) in [6.45, 7) is 3.07. The van der Waals surface area contributed by atoms with Crippen molar-refractivity contribution < 1.29 is 4.79 Å². The van der Waals surface area contributed by atoms with E-state index in [1.165, 1.54) is 24.0 Å². The fraction of sp³-hybridized carbons (Fsp3) is 0.318. The number of benzene rings is 2. The average Bonchev–Trinajstić information content (AvgIpc) is 3.41. The van der Waals surface area contributed by atoms with E-state index in [0.29, 0.717) is 5.70 Å². The number of carbonyl (C=O) groups is 1. The zero-order chi connectivity index (χ0) is 18.9. The molecule has 1 aliphatic heterocycles. The predicted octanol–water partition coefficient (Wildman–Crippen LogP) is 2.79. The standard InChI is InChI=1S/C22H26N4O/c1-22(13-20(21(23)27)25-26-22)18-8-5-9-19(24-14-16-10-11-16)17(18)12-15-6-3-2-4-7-15/h2-9,13,16,24-26H,10-12,14H2,1H3,(H2,23,27). The Hall–Kier alpha value is -2.79. The first-order chi connectivity index (χ1) is 13.0. The molecule has 1 amide bonds. The van der Waals surface area contributed by atoms with Gasteiger partial charge >= 0.3 is 0 Å². The van der Waals surface area contributed by atoms with Crippen molar-refractivity contribution in [2.45, 2.75) is 31.7 Å². The molecule has 27 heavy (non-hydrogen) atoms. The largest absolute Gasteiger partial charge is 0.385 e. The van der Waals surface area contributed by atoms with E-state index in [0.717, 1.165) is 30.1 Å². The fourth-order valence-electron chi connectivity index (χ4n) is 3.64. The van der Waals surface area contributed by atoms with Crippen molar-refractivity contribution in [3.05, 3.63) is 77.0 Å². The maximum absolute atomic E-state index is 11.6. The molecule has 0 radical (unpaired) electrons. The van der Waals surface area contributed by atoms with Crippen molar-refractivity contribution in [2.75, 3.05) is 11.9 Å². The minimum atomic E-state index is -0.508. The van der Waals surface area contributed by atoms with Crippen LogP contribution in [-0.4, -0.2) is 12.5 Å². The van der Waals surface area contributed by atoms with Crippen LogP contribution in [0.3, 0.4) is 0 Å². The number of nitrogens with two attached hydrogens (primary N) is 1. The summed E-state index contributed by atoms with van der Waals surface area (Å²) in [5.74, 6) is 0.334. The maximum atomic E-state index is 11.6. The third-order valence-corrected chi connectivity index (χ3v) is 5.39. The van der Waals surface area contributed by atoms with Crippen molar-refractivity contribution in [3.8, 4) is 0 Å². The summed E-state index contributed by atoms with van der Waals surface area (Å²) < 4.78 is 0. The summed E-state index contributed by atoms with van der Waals surface area (Å²) >= 11 is 0. The minimum Gasteiger partial charge on any atom is -0.385 e. The first kappa shape index (κ1) is 17.6. The maximum Gasteiger partial charge on any atom is 0.265 e. The Balaban J connectivity index is 1.73. The van der Waals surface area contributed by atoms with E-state index in [1.54, 1.807) is 0 Å². The molecular weight excluding hydrogens is 336 g/mol. The second kappa shape index (κ2) is 7.08. The second-order valence-electron chi connectivity index (χ2n) is 7.69. The highest BCUT2D eigenvalue weighted by molar-refractivity contribution is 5.92. The van der Waals surface area contributed by atoms with Gasteiger partial charge in [-0.1, -0.05) is 42.5 Å². The first-order valence-electron chi connectivity index (χ1n) is 9.51. The minimum absolute atomic E-state index is 0.402. The fourth-order valence-corrected chi connectivity index (χ4v) is 3.64. The molecule has 4 rings (SSSR count). The molecule has 1 fully saturated rings. The Morgan fingerprint density at radius 1 is 1.19 bits per heavy atom. The van der Waals surface area contributed by atoms with Crippen LogP contribution in [0.1, 0.15) is 36.5 Å². The molecule has 1 unspecified atom stereocenters.